The summed E-state index contributed by atoms with van der Waals surface area (Å²) in [6.07, 6.45) is 8.42. The Morgan fingerprint density at radius 1 is 1.15 bits per heavy atom. The topological polar surface area (TPSA) is 39.9 Å². The molecule has 0 saturated carbocycles. The van der Waals surface area contributed by atoms with Crippen molar-refractivity contribution in [3.05, 3.63) is 42.5 Å². The molecule has 0 radical (unpaired) electrons. The van der Waals surface area contributed by atoms with E-state index in [0.717, 1.165) is 18.7 Å². The molecule has 0 aliphatic rings. The van der Waals surface area contributed by atoms with Crippen LogP contribution in [0.25, 0.3) is 0 Å². The minimum atomic E-state index is 0.624. The lowest BCUT2D eigenvalue weighted by Crippen LogP contribution is -2.12. The molecule has 1 unspecified atom stereocenters. The van der Waals surface area contributed by atoms with Crippen LogP contribution in [-0.2, 0) is 13.0 Å². The molecular weight excluding hydrogens is 250 g/mol. The van der Waals surface area contributed by atoms with E-state index in [1.54, 1.807) is 19.8 Å². The largest absolute Gasteiger partial charge is 0.497 e. The SMILES string of the molecule is CCCCC(Cc1ccc(OC)cc1)Cn1cnnc1. The van der Waals surface area contributed by atoms with Crippen molar-refractivity contribution in [3.63, 3.8) is 0 Å². The number of benzene rings is 1. The number of hydrogen-bond acceptors (Lipinski definition) is 3. The second-order valence-electron chi connectivity index (χ2n) is 5.22. The Morgan fingerprint density at radius 2 is 1.85 bits per heavy atom. The summed E-state index contributed by atoms with van der Waals surface area (Å²) in [6.45, 7) is 3.22. The van der Waals surface area contributed by atoms with Crippen LogP contribution in [0.2, 0.25) is 0 Å². The van der Waals surface area contributed by atoms with Crippen LogP contribution in [0.3, 0.4) is 0 Å². The van der Waals surface area contributed by atoms with Gasteiger partial charge in [-0.1, -0.05) is 31.9 Å². The monoisotopic (exact) mass is 273 g/mol. The lowest BCUT2D eigenvalue weighted by atomic mass is 9.94. The smallest absolute Gasteiger partial charge is 0.119 e. The van der Waals surface area contributed by atoms with Gasteiger partial charge in [0, 0.05) is 6.54 Å². The molecule has 1 aromatic carbocycles. The van der Waals surface area contributed by atoms with E-state index in [0.29, 0.717) is 5.92 Å². The van der Waals surface area contributed by atoms with Gasteiger partial charge in [0.1, 0.15) is 18.4 Å². The molecular formula is C16H23N3O. The third-order valence-electron chi connectivity index (χ3n) is 3.58. The van der Waals surface area contributed by atoms with Gasteiger partial charge in [-0.25, -0.2) is 0 Å². The molecule has 1 atom stereocenters. The predicted octanol–water partition coefficient (Wildman–Crippen LogP) is 3.34. The van der Waals surface area contributed by atoms with Gasteiger partial charge >= 0.3 is 0 Å². The quantitative estimate of drug-likeness (QED) is 0.740. The average molecular weight is 273 g/mol. The molecule has 0 fully saturated rings. The predicted molar refractivity (Wildman–Crippen MR) is 79.7 cm³/mol. The van der Waals surface area contributed by atoms with Crippen LogP contribution in [-0.4, -0.2) is 21.9 Å². The van der Waals surface area contributed by atoms with Crippen LogP contribution in [0, 0.1) is 5.92 Å². The normalized spacial score (nSPS) is 12.3. The molecule has 4 heteroatoms. The van der Waals surface area contributed by atoms with Crippen LogP contribution in [0.4, 0.5) is 0 Å². The van der Waals surface area contributed by atoms with Crippen molar-refractivity contribution in [1.82, 2.24) is 14.8 Å². The van der Waals surface area contributed by atoms with Gasteiger partial charge in [0.25, 0.3) is 0 Å². The zero-order valence-electron chi connectivity index (χ0n) is 12.3. The fraction of sp³-hybridized carbons (Fsp3) is 0.500. The number of methoxy groups -OCH3 is 1. The Morgan fingerprint density at radius 3 is 2.45 bits per heavy atom. The van der Waals surface area contributed by atoms with Crippen molar-refractivity contribution in [2.75, 3.05) is 7.11 Å². The zero-order valence-corrected chi connectivity index (χ0v) is 12.3. The molecule has 0 aliphatic heterocycles. The summed E-state index contributed by atoms with van der Waals surface area (Å²) < 4.78 is 7.28. The Bertz CT molecular complexity index is 479. The Balaban J connectivity index is 1.98. The third-order valence-corrected chi connectivity index (χ3v) is 3.58. The molecule has 1 heterocycles. The van der Waals surface area contributed by atoms with E-state index in [1.807, 2.05) is 12.1 Å². The van der Waals surface area contributed by atoms with Crippen molar-refractivity contribution in [2.45, 2.75) is 39.2 Å². The molecule has 0 spiro atoms. The van der Waals surface area contributed by atoms with E-state index in [-0.39, 0.29) is 0 Å². The summed E-state index contributed by atoms with van der Waals surface area (Å²) in [5.74, 6) is 1.54. The van der Waals surface area contributed by atoms with Gasteiger partial charge in [-0.2, -0.15) is 0 Å². The number of nitrogens with zero attached hydrogens (tertiary/aromatic N) is 3. The van der Waals surface area contributed by atoms with Gasteiger partial charge in [-0.15, -0.1) is 10.2 Å². The third kappa shape index (κ3) is 4.37. The maximum absolute atomic E-state index is 5.20. The van der Waals surface area contributed by atoms with Gasteiger partial charge < -0.3 is 9.30 Å². The van der Waals surface area contributed by atoms with Gasteiger partial charge in [-0.05, 0) is 36.5 Å². The van der Waals surface area contributed by atoms with Gasteiger partial charge in [0.2, 0.25) is 0 Å². The summed E-state index contributed by atoms with van der Waals surface area (Å²) in [4.78, 5) is 0. The summed E-state index contributed by atoms with van der Waals surface area (Å²) in [5, 5.41) is 7.76. The first-order chi connectivity index (χ1) is 9.81. The molecule has 2 aromatic rings. The van der Waals surface area contributed by atoms with E-state index in [4.69, 9.17) is 4.74 Å². The van der Waals surface area contributed by atoms with Crippen molar-refractivity contribution >= 4 is 0 Å². The number of unbranched alkanes of at least 4 members (excludes halogenated alkanes) is 1. The minimum Gasteiger partial charge on any atom is -0.497 e. The fourth-order valence-electron chi connectivity index (χ4n) is 2.46. The van der Waals surface area contributed by atoms with Crippen molar-refractivity contribution in [1.29, 1.82) is 0 Å². The van der Waals surface area contributed by atoms with Crippen LogP contribution >= 0.6 is 0 Å². The lowest BCUT2D eigenvalue weighted by Gasteiger charge is -2.17. The summed E-state index contributed by atoms with van der Waals surface area (Å²) >= 11 is 0. The first-order valence-corrected chi connectivity index (χ1v) is 7.27. The van der Waals surface area contributed by atoms with Gasteiger partial charge in [0.05, 0.1) is 7.11 Å². The maximum Gasteiger partial charge on any atom is 0.119 e. The van der Waals surface area contributed by atoms with Crippen molar-refractivity contribution in [3.8, 4) is 5.75 Å². The molecule has 0 aliphatic carbocycles. The highest BCUT2D eigenvalue weighted by Gasteiger charge is 2.10. The molecule has 2 rings (SSSR count). The number of rotatable bonds is 8. The summed E-state index contributed by atoms with van der Waals surface area (Å²) in [7, 11) is 1.70. The Labute approximate surface area is 120 Å². The molecule has 0 bridgehead atoms. The highest BCUT2D eigenvalue weighted by molar-refractivity contribution is 5.27. The fourth-order valence-corrected chi connectivity index (χ4v) is 2.46. The van der Waals surface area contributed by atoms with Crippen LogP contribution < -0.4 is 4.74 Å². The molecule has 0 amide bonds. The number of ether oxygens (including phenoxy) is 1. The molecule has 0 N–H and O–H groups in total. The highest BCUT2D eigenvalue weighted by Crippen LogP contribution is 2.19. The molecule has 1 aromatic heterocycles. The second kappa shape index (κ2) is 7.68. The number of hydrogen-bond donors (Lipinski definition) is 0. The zero-order chi connectivity index (χ0) is 14.2. The summed E-state index contributed by atoms with van der Waals surface area (Å²) in [6, 6.07) is 8.38. The van der Waals surface area contributed by atoms with E-state index < -0.39 is 0 Å². The van der Waals surface area contributed by atoms with Crippen LogP contribution in [0.5, 0.6) is 5.75 Å². The highest BCUT2D eigenvalue weighted by atomic mass is 16.5. The first-order valence-electron chi connectivity index (χ1n) is 7.27. The maximum atomic E-state index is 5.20. The lowest BCUT2D eigenvalue weighted by molar-refractivity contribution is 0.397. The Kier molecular flexibility index (Phi) is 5.59. The standard InChI is InChI=1S/C16H23N3O/c1-3-4-5-15(11-19-12-17-18-13-19)10-14-6-8-16(20-2)9-7-14/h6-9,12-13,15H,3-5,10-11H2,1-2H3. The average Bonchev–Trinajstić information content (AvgIpc) is 2.98. The van der Waals surface area contributed by atoms with Gasteiger partial charge in [-0.3, -0.25) is 0 Å². The van der Waals surface area contributed by atoms with Crippen LogP contribution in [0.1, 0.15) is 31.7 Å². The minimum absolute atomic E-state index is 0.624. The number of aromatic nitrogens is 3. The Hall–Kier alpha value is -1.84. The molecule has 0 saturated heterocycles. The molecule has 20 heavy (non-hydrogen) atoms. The van der Waals surface area contributed by atoms with Crippen molar-refractivity contribution in [2.24, 2.45) is 5.92 Å². The second-order valence-corrected chi connectivity index (χ2v) is 5.22. The van der Waals surface area contributed by atoms with E-state index in [9.17, 15) is 0 Å². The first kappa shape index (κ1) is 14.6. The van der Waals surface area contributed by atoms with Crippen molar-refractivity contribution < 1.29 is 4.74 Å². The molecule has 108 valence electrons. The van der Waals surface area contributed by atoms with E-state index in [1.165, 1.54) is 24.8 Å². The van der Waals surface area contributed by atoms with E-state index in [2.05, 4.69) is 33.8 Å². The van der Waals surface area contributed by atoms with Crippen LogP contribution in [0.15, 0.2) is 36.9 Å². The summed E-state index contributed by atoms with van der Waals surface area (Å²) in [5.41, 5.74) is 1.36. The van der Waals surface area contributed by atoms with Gasteiger partial charge in [0.15, 0.2) is 0 Å². The molecule has 4 nitrogen and oxygen atoms in total. The van der Waals surface area contributed by atoms with E-state index >= 15 is 0 Å².